The number of carbonyl (C=O) groups is 3. The summed E-state index contributed by atoms with van der Waals surface area (Å²) in [7, 11) is 0. The molecule has 0 saturated heterocycles. The van der Waals surface area contributed by atoms with Gasteiger partial charge in [0.25, 0.3) is 5.91 Å². The summed E-state index contributed by atoms with van der Waals surface area (Å²) in [6.45, 7) is 2.76. The van der Waals surface area contributed by atoms with E-state index in [2.05, 4.69) is 5.32 Å². The van der Waals surface area contributed by atoms with Crippen molar-refractivity contribution in [2.75, 3.05) is 13.2 Å². The molecule has 1 amide bonds. The van der Waals surface area contributed by atoms with Crippen LogP contribution in [0.3, 0.4) is 0 Å². The quantitative estimate of drug-likeness (QED) is 0.729. The molecule has 0 aliphatic rings. The van der Waals surface area contributed by atoms with Crippen molar-refractivity contribution >= 4 is 17.7 Å². The van der Waals surface area contributed by atoms with Crippen LogP contribution in [0.5, 0.6) is 5.75 Å². The molecule has 0 saturated carbocycles. The molecule has 0 radical (unpaired) electrons. The van der Waals surface area contributed by atoms with E-state index >= 15 is 0 Å². The fraction of sp³-hybridized carbons (Fsp3) is 0.357. The molecule has 1 rings (SSSR count). The highest BCUT2D eigenvalue weighted by Gasteiger charge is 2.12. The van der Waals surface area contributed by atoms with Gasteiger partial charge < -0.3 is 15.2 Å². The summed E-state index contributed by atoms with van der Waals surface area (Å²) in [5.74, 6) is -1.71. The minimum absolute atomic E-state index is 0.0466. The zero-order valence-electron chi connectivity index (χ0n) is 11.4. The number of rotatable bonds is 7. The molecule has 1 unspecified atom stereocenters. The summed E-state index contributed by atoms with van der Waals surface area (Å²) in [6, 6.07) is 6.51. The van der Waals surface area contributed by atoms with Gasteiger partial charge in [-0.3, -0.25) is 14.4 Å². The molecule has 1 aromatic rings. The fourth-order valence-corrected chi connectivity index (χ4v) is 1.36. The van der Waals surface area contributed by atoms with E-state index in [1.165, 1.54) is 13.8 Å². The Balaban J connectivity index is 2.43. The van der Waals surface area contributed by atoms with Gasteiger partial charge in [-0.2, -0.15) is 0 Å². The Morgan fingerprint density at radius 2 is 2.05 bits per heavy atom. The Labute approximate surface area is 116 Å². The summed E-state index contributed by atoms with van der Waals surface area (Å²) < 4.78 is 5.24. The van der Waals surface area contributed by atoms with E-state index in [0.717, 1.165) is 0 Å². The number of ketones is 1. The van der Waals surface area contributed by atoms with Gasteiger partial charge in [0, 0.05) is 12.1 Å². The lowest BCUT2D eigenvalue weighted by atomic mass is 10.1. The van der Waals surface area contributed by atoms with Gasteiger partial charge in [-0.15, -0.1) is 0 Å². The molecule has 0 fully saturated rings. The first-order valence-electron chi connectivity index (χ1n) is 6.13. The number of aliphatic carboxylic acids is 1. The monoisotopic (exact) mass is 279 g/mol. The maximum Gasteiger partial charge on any atom is 0.308 e. The van der Waals surface area contributed by atoms with Crippen molar-refractivity contribution in [1.29, 1.82) is 0 Å². The molecule has 1 aromatic carbocycles. The molecule has 108 valence electrons. The highest BCUT2D eigenvalue weighted by molar-refractivity contribution is 5.94. The van der Waals surface area contributed by atoms with Crippen molar-refractivity contribution in [3.63, 3.8) is 0 Å². The Kier molecular flexibility index (Phi) is 5.71. The van der Waals surface area contributed by atoms with Crippen molar-refractivity contribution in [3.05, 3.63) is 29.8 Å². The van der Waals surface area contributed by atoms with E-state index < -0.39 is 17.8 Å². The minimum atomic E-state index is -0.972. The molecule has 6 nitrogen and oxygen atoms in total. The summed E-state index contributed by atoms with van der Waals surface area (Å²) in [6.07, 6.45) is 0. The first-order chi connectivity index (χ1) is 9.40. The van der Waals surface area contributed by atoms with E-state index in [1.807, 2.05) is 0 Å². The second-order valence-corrected chi connectivity index (χ2v) is 4.42. The number of hydrogen-bond acceptors (Lipinski definition) is 4. The Bertz CT molecular complexity index is 512. The molecule has 20 heavy (non-hydrogen) atoms. The van der Waals surface area contributed by atoms with Gasteiger partial charge in [0.1, 0.15) is 5.75 Å². The van der Waals surface area contributed by atoms with Crippen molar-refractivity contribution < 1.29 is 24.2 Å². The van der Waals surface area contributed by atoms with Gasteiger partial charge in [0.05, 0.1) is 5.92 Å². The lowest BCUT2D eigenvalue weighted by molar-refractivity contribution is -0.141. The fourth-order valence-electron chi connectivity index (χ4n) is 1.36. The van der Waals surface area contributed by atoms with Crippen LogP contribution in [0.4, 0.5) is 0 Å². The van der Waals surface area contributed by atoms with E-state index in [9.17, 15) is 14.4 Å². The van der Waals surface area contributed by atoms with Crippen molar-refractivity contribution in [2.45, 2.75) is 13.8 Å². The predicted molar refractivity (Wildman–Crippen MR) is 71.8 cm³/mol. The van der Waals surface area contributed by atoms with Gasteiger partial charge >= 0.3 is 5.97 Å². The molecular formula is C14H17NO5. The van der Waals surface area contributed by atoms with Gasteiger partial charge in [0.2, 0.25) is 0 Å². The van der Waals surface area contributed by atoms with Crippen molar-refractivity contribution in [3.8, 4) is 5.75 Å². The van der Waals surface area contributed by atoms with Crippen LogP contribution in [0, 0.1) is 5.92 Å². The number of Topliss-reactive ketones (excluding diaryl/α,β-unsaturated/α-hetero) is 1. The van der Waals surface area contributed by atoms with Gasteiger partial charge in [-0.1, -0.05) is 19.1 Å². The van der Waals surface area contributed by atoms with Crippen LogP contribution in [0.1, 0.15) is 24.2 Å². The average Bonchev–Trinajstić information content (AvgIpc) is 2.42. The molecule has 2 N–H and O–H groups in total. The number of carbonyl (C=O) groups excluding carboxylic acids is 2. The molecule has 1 atom stereocenters. The maximum atomic E-state index is 11.5. The zero-order valence-corrected chi connectivity index (χ0v) is 11.4. The highest BCUT2D eigenvalue weighted by Crippen LogP contribution is 2.13. The van der Waals surface area contributed by atoms with Crippen LogP contribution in [0.25, 0.3) is 0 Å². The molecule has 0 heterocycles. The van der Waals surface area contributed by atoms with Crippen LogP contribution in [0.2, 0.25) is 0 Å². The molecule has 6 heteroatoms. The van der Waals surface area contributed by atoms with E-state index in [1.54, 1.807) is 24.3 Å². The largest absolute Gasteiger partial charge is 0.484 e. The third-order valence-electron chi connectivity index (χ3n) is 2.64. The van der Waals surface area contributed by atoms with Crippen molar-refractivity contribution in [1.82, 2.24) is 5.32 Å². The van der Waals surface area contributed by atoms with E-state index in [4.69, 9.17) is 9.84 Å². The van der Waals surface area contributed by atoms with Gasteiger partial charge in [-0.25, -0.2) is 0 Å². The number of nitrogens with one attached hydrogen (secondary N) is 1. The third kappa shape index (κ3) is 5.09. The number of ether oxygens (including phenoxy) is 1. The van der Waals surface area contributed by atoms with Crippen LogP contribution < -0.4 is 10.1 Å². The Morgan fingerprint density at radius 3 is 2.65 bits per heavy atom. The van der Waals surface area contributed by atoms with Crippen molar-refractivity contribution in [2.24, 2.45) is 5.92 Å². The zero-order chi connectivity index (χ0) is 15.1. The van der Waals surface area contributed by atoms with E-state index in [0.29, 0.717) is 11.3 Å². The number of hydrogen-bond donors (Lipinski definition) is 2. The normalized spacial score (nSPS) is 11.5. The smallest absolute Gasteiger partial charge is 0.308 e. The summed E-state index contributed by atoms with van der Waals surface area (Å²) in [4.78, 5) is 33.2. The summed E-state index contributed by atoms with van der Waals surface area (Å²) in [5.41, 5.74) is 0.502. The number of benzene rings is 1. The Hall–Kier alpha value is -2.37. The molecule has 0 spiro atoms. The van der Waals surface area contributed by atoms with Crippen LogP contribution in [-0.2, 0) is 9.59 Å². The molecular weight excluding hydrogens is 262 g/mol. The second kappa shape index (κ2) is 7.28. The summed E-state index contributed by atoms with van der Waals surface area (Å²) >= 11 is 0. The lowest BCUT2D eigenvalue weighted by Crippen LogP contribution is -2.34. The van der Waals surface area contributed by atoms with Crippen LogP contribution in [-0.4, -0.2) is 35.9 Å². The number of carboxylic acids is 1. The lowest BCUT2D eigenvalue weighted by Gasteiger charge is -2.10. The number of carboxylic acid groups (broad SMARTS) is 1. The second-order valence-electron chi connectivity index (χ2n) is 4.42. The standard InChI is InChI=1S/C14H17NO5/c1-9(14(18)19)7-15-13(17)8-20-12-5-3-4-11(6-12)10(2)16/h3-6,9H,7-8H2,1-2H3,(H,15,17)(H,18,19). The Morgan fingerprint density at radius 1 is 1.35 bits per heavy atom. The highest BCUT2D eigenvalue weighted by atomic mass is 16.5. The predicted octanol–water partition coefficient (Wildman–Crippen LogP) is 1.10. The SMILES string of the molecule is CC(=O)c1cccc(OCC(=O)NCC(C)C(=O)O)c1. The van der Waals surface area contributed by atoms with E-state index in [-0.39, 0.29) is 18.9 Å². The first kappa shape index (κ1) is 15.7. The molecule has 0 bridgehead atoms. The molecule has 0 aliphatic carbocycles. The summed E-state index contributed by atoms with van der Waals surface area (Å²) in [5, 5.41) is 11.1. The number of amides is 1. The topological polar surface area (TPSA) is 92.7 Å². The maximum absolute atomic E-state index is 11.5. The van der Waals surface area contributed by atoms with Gasteiger partial charge in [0.15, 0.2) is 12.4 Å². The van der Waals surface area contributed by atoms with Gasteiger partial charge in [-0.05, 0) is 19.1 Å². The van der Waals surface area contributed by atoms with Crippen LogP contribution >= 0.6 is 0 Å². The minimum Gasteiger partial charge on any atom is -0.484 e. The van der Waals surface area contributed by atoms with Crippen LogP contribution in [0.15, 0.2) is 24.3 Å². The first-order valence-corrected chi connectivity index (χ1v) is 6.13. The average molecular weight is 279 g/mol. The molecule has 0 aliphatic heterocycles. The molecule has 0 aromatic heterocycles. The third-order valence-corrected chi connectivity index (χ3v) is 2.64.